The molecule has 1 N–H and O–H groups in total. The van der Waals surface area contributed by atoms with Gasteiger partial charge in [0.2, 0.25) is 0 Å². The van der Waals surface area contributed by atoms with E-state index in [1.807, 2.05) is 40.9 Å². The fourth-order valence-corrected chi connectivity index (χ4v) is 3.25. The number of hydrogen-bond acceptors (Lipinski definition) is 3. The standard InChI is InChI=1S/C24H34FNO2/c1-23(2,3)18-10-13-22(21(25)14-18)28-16-20(27)15-24(4,5)17-8-11-19(12-9-17)26(6)7/h8-14,20,27H,15-16H2,1-7H3. The second-order valence-electron chi connectivity index (χ2n) is 9.39. The minimum absolute atomic E-state index is 0.0605. The maximum Gasteiger partial charge on any atom is 0.165 e. The van der Waals surface area contributed by atoms with Gasteiger partial charge < -0.3 is 14.7 Å². The molecule has 0 aliphatic heterocycles. The number of benzene rings is 2. The maximum absolute atomic E-state index is 14.3. The minimum Gasteiger partial charge on any atom is -0.488 e. The highest BCUT2D eigenvalue weighted by atomic mass is 19.1. The highest BCUT2D eigenvalue weighted by Crippen LogP contribution is 2.31. The topological polar surface area (TPSA) is 32.7 Å². The first kappa shape index (κ1) is 22.2. The molecule has 0 heterocycles. The SMILES string of the molecule is CN(C)c1ccc(C(C)(C)CC(O)COc2ccc(C(C)(C)C)cc2F)cc1. The van der Waals surface area contributed by atoms with Crippen LogP contribution in [0.5, 0.6) is 5.75 Å². The van der Waals surface area contributed by atoms with Crippen molar-refractivity contribution in [1.29, 1.82) is 0 Å². The molecule has 2 aromatic rings. The van der Waals surface area contributed by atoms with E-state index in [1.165, 1.54) is 6.07 Å². The Labute approximate surface area is 169 Å². The van der Waals surface area contributed by atoms with Crippen molar-refractivity contribution in [2.45, 2.75) is 58.0 Å². The van der Waals surface area contributed by atoms with E-state index in [0.717, 1.165) is 16.8 Å². The molecular formula is C24H34FNO2. The molecule has 0 aliphatic carbocycles. The molecule has 0 saturated heterocycles. The molecule has 0 fully saturated rings. The lowest BCUT2D eigenvalue weighted by Gasteiger charge is -2.28. The fraction of sp³-hybridized carbons (Fsp3) is 0.500. The van der Waals surface area contributed by atoms with Gasteiger partial charge in [-0.05, 0) is 52.6 Å². The number of anilines is 1. The highest BCUT2D eigenvalue weighted by Gasteiger charge is 2.25. The summed E-state index contributed by atoms with van der Waals surface area (Å²) in [6.07, 6.45) is -0.166. The molecule has 0 saturated carbocycles. The van der Waals surface area contributed by atoms with Crippen molar-refractivity contribution < 1.29 is 14.2 Å². The first-order valence-electron chi connectivity index (χ1n) is 9.79. The van der Waals surface area contributed by atoms with Crippen molar-refractivity contribution in [3.05, 3.63) is 59.4 Å². The van der Waals surface area contributed by atoms with E-state index in [1.54, 1.807) is 6.07 Å². The normalized spacial score (nSPS) is 13.3. The quantitative estimate of drug-likeness (QED) is 0.700. The molecule has 28 heavy (non-hydrogen) atoms. The fourth-order valence-electron chi connectivity index (χ4n) is 3.25. The van der Waals surface area contributed by atoms with Crippen LogP contribution in [0, 0.1) is 5.82 Å². The van der Waals surface area contributed by atoms with E-state index in [4.69, 9.17) is 4.74 Å². The third-order valence-electron chi connectivity index (χ3n) is 5.14. The first-order valence-corrected chi connectivity index (χ1v) is 9.79. The van der Waals surface area contributed by atoms with Gasteiger partial charge in [0, 0.05) is 19.8 Å². The van der Waals surface area contributed by atoms with Crippen LogP contribution in [-0.2, 0) is 10.8 Å². The van der Waals surface area contributed by atoms with Gasteiger partial charge >= 0.3 is 0 Å². The van der Waals surface area contributed by atoms with E-state index in [-0.39, 0.29) is 23.2 Å². The Morgan fingerprint density at radius 1 is 0.964 bits per heavy atom. The summed E-state index contributed by atoms with van der Waals surface area (Å²) in [5.41, 5.74) is 2.86. The van der Waals surface area contributed by atoms with Gasteiger partial charge in [0.1, 0.15) is 6.61 Å². The molecule has 154 valence electrons. The van der Waals surface area contributed by atoms with Crippen LogP contribution in [0.15, 0.2) is 42.5 Å². The Balaban J connectivity index is 1.98. The smallest absolute Gasteiger partial charge is 0.165 e. The Morgan fingerprint density at radius 2 is 1.54 bits per heavy atom. The zero-order valence-electron chi connectivity index (χ0n) is 18.2. The summed E-state index contributed by atoms with van der Waals surface area (Å²) < 4.78 is 19.9. The lowest BCUT2D eigenvalue weighted by Crippen LogP contribution is -2.29. The van der Waals surface area contributed by atoms with Gasteiger partial charge in [-0.3, -0.25) is 0 Å². The van der Waals surface area contributed by atoms with E-state index in [9.17, 15) is 9.50 Å². The third-order valence-corrected chi connectivity index (χ3v) is 5.14. The first-order chi connectivity index (χ1) is 12.9. The number of aliphatic hydroxyl groups excluding tert-OH is 1. The lowest BCUT2D eigenvalue weighted by atomic mass is 9.80. The van der Waals surface area contributed by atoms with Gasteiger partial charge in [-0.25, -0.2) is 4.39 Å². The number of rotatable bonds is 7. The predicted octanol–water partition coefficient (Wildman–Crippen LogP) is 5.30. The highest BCUT2D eigenvalue weighted by molar-refractivity contribution is 5.47. The monoisotopic (exact) mass is 387 g/mol. The second-order valence-corrected chi connectivity index (χ2v) is 9.39. The van der Waals surface area contributed by atoms with Gasteiger partial charge in [-0.1, -0.05) is 52.8 Å². The lowest BCUT2D eigenvalue weighted by molar-refractivity contribution is 0.0808. The van der Waals surface area contributed by atoms with Crippen molar-refractivity contribution in [2.75, 3.05) is 25.6 Å². The Morgan fingerprint density at radius 3 is 2.04 bits per heavy atom. The van der Waals surface area contributed by atoms with Gasteiger partial charge in [0.15, 0.2) is 11.6 Å². The molecule has 2 aromatic carbocycles. The summed E-state index contributed by atoms with van der Waals surface area (Å²) >= 11 is 0. The molecule has 0 radical (unpaired) electrons. The van der Waals surface area contributed by atoms with Crippen LogP contribution in [0.1, 0.15) is 52.2 Å². The summed E-state index contributed by atoms with van der Waals surface area (Å²) in [7, 11) is 4.02. The van der Waals surface area contributed by atoms with E-state index in [2.05, 4.69) is 43.0 Å². The Kier molecular flexibility index (Phi) is 6.76. The molecule has 1 atom stereocenters. The summed E-state index contributed by atoms with van der Waals surface area (Å²) in [6.45, 7) is 10.4. The molecule has 0 aliphatic rings. The van der Waals surface area contributed by atoms with Crippen LogP contribution in [0.2, 0.25) is 0 Å². The maximum atomic E-state index is 14.3. The third kappa shape index (κ3) is 5.71. The van der Waals surface area contributed by atoms with Crippen molar-refractivity contribution in [2.24, 2.45) is 0 Å². The minimum atomic E-state index is -0.690. The van der Waals surface area contributed by atoms with Crippen LogP contribution in [0.25, 0.3) is 0 Å². The summed E-state index contributed by atoms with van der Waals surface area (Å²) in [5.74, 6) is -0.210. The second kappa shape index (κ2) is 8.52. The van der Waals surface area contributed by atoms with Crippen molar-refractivity contribution in [3.8, 4) is 5.75 Å². The van der Waals surface area contributed by atoms with E-state index in [0.29, 0.717) is 6.42 Å². The average molecular weight is 388 g/mol. The van der Waals surface area contributed by atoms with Crippen LogP contribution < -0.4 is 9.64 Å². The summed E-state index contributed by atoms with van der Waals surface area (Å²) in [4.78, 5) is 2.05. The largest absolute Gasteiger partial charge is 0.488 e. The van der Waals surface area contributed by atoms with E-state index >= 15 is 0 Å². The number of ether oxygens (including phenoxy) is 1. The van der Waals surface area contributed by atoms with Crippen LogP contribution in [0.3, 0.4) is 0 Å². The molecule has 1 unspecified atom stereocenters. The number of halogens is 1. The summed E-state index contributed by atoms with van der Waals surface area (Å²) in [5, 5.41) is 10.5. The molecule has 0 bridgehead atoms. The zero-order chi connectivity index (χ0) is 21.1. The average Bonchev–Trinajstić information content (AvgIpc) is 2.59. The Bertz CT molecular complexity index is 776. The van der Waals surface area contributed by atoms with Crippen LogP contribution in [-0.4, -0.2) is 31.9 Å². The van der Waals surface area contributed by atoms with Crippen molar-refractivity contribution in [3.63, 3.8) is 0 Å². The molecule has 0 spiro atoms. The van der Waals surface area contributed by atoms with E-state index < -0.39 is 11.9 Å². The van der Waals surface area contributed by atoms with Gasteiger partial charge in [0.25, 0.3) is 0 Å². The predicted molar refractivity (Wildman–Crippen MR) is 115 cm³/mol. The van der Waals surface area contributed by atoms with Crippen LogP contribution in [0.4, 0.5) is 10.1 Å². The van der Waals surface area contributed by atoms with Crippen LogP contribution >= 0.6 is 0 Å². The molecule has 0 amide bonds. The molecule has 2 rings (SSSR count). The summed E-state index contributed by atoms with van der Waals surface area (Å²) in [6, 6.07) is 13.4. The van der Waals surface area contributed by atoms with Crippen molar-refractivity contribution >= 4 is 5.69 Å². The number of nitrogens with zero attached hydrogens (tertiary/aromatic N) is 1. The molecule has 4 heteroatoms. The Hall–Kier alpha value is -2.07. The van der Waals surface area contributed by atoms with Gasteiger partial charge in [-0.2, -0.15) is 0 Å². The zero-order valence-corrected chi connectivity index (χ0v) is 18.2. The molecular weight excluding hydrogens is 353 g/mol. The van der Waals surface area contributed by atoms with Gasteiger partial charge in [0.05, 0.1) is 6.10 Å². The van der Waals surface area contributed by atoms with Gasteiger partial charge in [-0.15, -0.1) is 0 Å². The van der Waals surface area contributed by atoms with Crippen molar-refractivity contribution in [1.82, 2.24) is 0 Å². The number of aliphatic hydroxyl groups is 1. The number of hydrogen-bond donors (Lipinski definition) is 1. The molecule has 3 nitrogen and oxygen atoms in total. The molecule has 0 aromatic heterocycles.